The molecule has 5 rings (SSSR count). The number of hydrogen-bond donors (Lipinski definition) is 2. The number of fused-ring (bicyclic) bond motifs is 3. The van der Waals surface area contributed by atoms with E-state index >= 15 is 0 Å². The van der Waals surface area contributed by atoms with Crippen LogP contribution in [0.5, 0.6) is 0 Å². The van der Waals surface area contributed by atoms with Gasteiger partial charge in [-0.05, 0) is 44.6 Å². The van der Waals surface area contributed by atoms with Crippen LogP contribution in [0.15, 0.2) is 30.3 Å². The zero-order valence-corrected chi connectivity index (χ0v) is 18.8. The number of nitrogens with one attached hydrogen (secondary N) is 2. The number of piperidine rings is 1. The Bertz CT molecular complexity index is 909. The Morgan fingerprint density at radius 1 is 1.19 bits per heavy atom. The minimum absolute atomic E-state index is 0.0458. The highest BCUT2D eigenvalue weighted by atomic mass is 16.1. The second-order valence-corrected chi connectivity index (χ2v) is 9.55. The third-order valence-electron chi connectivity index (χ3n) is 7.58. The predicted octanol–water partition coefficient (Wildman–Crippen LogP) is 3.27. The molecule has 1 aromatic carbocycles. The van der Waals surface area contributed by atoms with Gasteiger partial charge >= 0.3 is 0 Å². The van der Waals surface area contributed by atoms with E-state index in [0.29, 0.717) is 18.1 Å². The van der Waals surface area contributed by atoms with Crippen LogP contribution >= 0.6 is 0 Å². The average Bonchev–Trinajstić information content (AvgIpc) is 3.22. The number of aryl methyl sites for hydroxylation is 1. The van der Waals surface area contributed by atoms with Gasteiger partial charge in [-0.15, -0.1) is 0 Å². The summed E-state index contributed by atoms with van der Waals surface area (Å²) in [5, 5.41) is 6.71. The van der Waals surface area contributed by atoms with Crippen LogP contribution in [0.1, 0.15) is 73.9 Å². The molecule has 6 nitrogen and oxygen atoms in total. The van der Waals surface area contributed by atoms with Gasteiger partial charge in [0, 0.05) is 51.1 Å². The summed E-state index contributed by atoms with van der Waals surface area (Å²) in [5.41, 5.74) is 3.94. The van der Waals surface area contributed by atoms with Crippen LogP contribution in [-0.2, 0) is 17.8 Å². The summed E-state index contributed by atoms with van der Waals surface area (Å²) in [7, 11) is 0. The van der Waals surface area contributed by atoms with Gasteiger partial charge in [0.2, 0.25) is 5.91 Å². The Balaban J connectivity index is 1.27. The number of carbonyl (C=O) groups excluding carboxylic acids is 1. The SMILES string of the molecule is CC(=O)N[C@@H](CCN1[C@@H]2CC[C@H]1CC(n1c(C)nc3c1CNCC3)C2)c1ccccc1. The zero-order valence-electron chi connectivity index (χ0n) is 18.8. The van der Waals surface area contributed by atoms with Crippen molar-refractivity contribution in [2.75, 3.05) is 13.1 Å². The second kappa shape index (κ2) is 8.75. The van der Waals surface area contributed by atoms with Crippen LogP contribution < -0.4 is 10.6 Å². The Kier molecular flexibility index (Phi) is 5.85. The molecule has 2 bridgehead atoms. The fraction of sp³-hybridized carbons (Fsp3) is 0.600. The molecule has 0 saturated carbocycles. The van der Waals surface area contributed by atoms with E-state index in [0.717, 1.165) is 32.5 Å². The summed E-state index contributed by atoms with van der Waals surface area (Å²) < 4.78 is 2.56. The number of aromatic nitrogens is 2. The lowest BCUT2D eigenvalue weighted by molar-refractivity contribution is -0.119. The van der Waals surface area contributed by atoms with E-state index in [1.165, 1.54) is 48.5 Å². The Morgan fingerprint density at radius 3 is 2.65 bits per heavy atom. The van der Waals surface area contributed by atoms with E-state index in [9.17, 15) is 4.79 Å². The van der Waals surface area contributed by atoms with Crippen LogP contribution in [0.4, 0.5) is 0 Å². The van der Waals surface area contributed by atoms with Gasteiger partial charge in [0.15, 0.2) is 0 Å². The number of rotatable bonds is 6. The highest BCUT2D eigenvalue weighted by molar-refractivity contribution is 5.73. The molecule has 2 N–H and O–H groups in total. The molecule has 6 heteroatoms. The van der Waals surface area contributed by atoms with Crippen LogP contribution in [0.25, 0.3) is 0 Å². The summed E-state index contributed by atoms with van der Waals surface area (Å²) in [5.74, 6) is 1.24. The van der Waals surface area contributed by atoms with Crippen molar-refractivity contribution in [1.82, 2.24) is 25.1 Å². The average molecular weight is 422 g/mol. The van der Waals surface area contributed by atoms with E-state index < -0.39 is 0 Å². The van der Waals surface area contributed by atoms with Gasteiger partial charge in [-0.2, -0.15) is 0 Å². The maximum Gasteiger partial charge on any atom is 0.217 e. The number of nitrogens with zero attached hydrogens (tertiary/aromatic N) is 3. The molecular formula is C25H35N5O. The van der Waals surface area contributed by atoms with Gasteiger partial charge < -0.3 is 15.2 Å². The third-order valence-corrected chi connectivity index (χ3v) is 7.58. The normalized spacial score (nSPS) is 26.5. The first-order valence-corrected chi connectivity index (χ1v) is 11.9. The van der Waals surface area contributed by atoms with E-state index in [1.807, 2.05) is 6.07 Å². The molecule has 2 saturated heterocycles. The number of amides is 1. The predicted molar refractivity (Wildman–Crippen MR) is 122 cm³/mol. The van der Waals surface area contributed by atoms with Crippen molar-refractivity contribution in [1.29, 1.82) is 0 Å². The largest absolute Gasteiger partial charge is 0.349 e. The lowest BCUT2D eigenvalue weighted by atomic mass is 9.95. The van der Waals surface area contributed by atoms with E-state index in [1.54, 1.807) is 6.92 Å². The first-order valence-electron chi connectivity index (χ1n) is 11.9. The van der Waals surface area contributed by atoms with Gasteiger partial charge in [-0.3, -0.25) is 9.69 Å². The number of hydrogen-bond acceptors (Lipinski definition) is 4. The molecule has 1 amide bonds. The van der Waals surface area contributed by atoms with Crippen molar-refractivity contribution >= 4 is 5.91 Å². The van der Waals surface area contributed by atoms with Gasteiger partial charge in [-0.1, -0.05) is 30.3 Å². The van der Waals surface area contributed by atoms with Crippen LogP contribution in [0.2, 0.25) is 0 Å². The maximum atomic E-state index is 11.8. The van der Waals surface area contributed by atoms with Crippen molar-refractivity contribution in [3.8, 4) is 0 Å². The summed E-state index contributed by atoms with van der Waals surface area (Å²) in [6.07, 6.45) is 7.05. The summed E-state index contributed by atoms with van der Waals surface area (Å²) in [4.78, 5) is 19.5. The van der Waals surface area contributed by atoms with Gasteiger partial charge in [0.25, 0.3) is 0 Å². The molecule has 4 heterocycles. The van der Waals surface area contributed by atoms with Crippen molar-refractivity contribution < 1.29 is 4.79 Å². The zero-order chi connectivity index (χ0) is 21.4. The third kappa shape index (κ3) is 4.15. The standard InChI is InChI=1S/C25H35N5O/c1-17-27-24-10-12-26-16-25(24)30(17)22-14-20-8-9-21(15-22)29(20)13-11-23(28-18(2)31)19-6-4-3-5-7-19/h3-7,20-23,26H,8-16H2,1-2H3,(H,28,31)/t20-,21+,22?,23-/m0/s1. The van der Waals surface area contributed by atoms with Gasteiger partial charge in [-0.25, -0.2) is 4.98 Å². The monoisotopic (exact) mass is 421 g/mol. The second-order valence-electron chi connectivity index (χ2n) is 9.55. The van der Waals surface area contributed by atoms with Crippen molar-refractivity contribution in [3.63, 3.8) is 0 Å². The molecule has 31 heavy (non-hydrogen) atoms. The molecule has 4 atom stereocenters. The van der Waals surface area contributed by atoms with Crippen LogP contribution in [0, 0.1) is 6.92 Å². The van der Waals surface area contributed by atoms with Crippen molar-refractivity contribution in [2.24, 2.45) is 0 Å². The molecule has 1 aromatic heterocycles. The maximum absolute atomic E-state index is 11.8. The highest BCUT2D eigenvalue weighted by Crippen LogP contribution is 2.42. The van der Waals surface area contributed by atoms with Crippen LogP contribution in [-0.4, -0.2) is 45.5 Å². The molecule has 2 fully saturated rings. The minimum atomic E-state index is 0.0458. The van der Waals surface area contributed by atoms with Gasteiger partial charge in [0.05, 0.1) is 17.4 Å². The molecule has 3 aliphatic rings. The molecule has 3 aliphatic heterocycles. The van der Waals surface area contributed by atoms with E-state index in [4.69, 9.17) is 4.98 Å². The van der Waals surface area contributed by atoms with E-state index in [-0.39, 0.29) is 11.9 Å². The number of carbonyl (C=O) groups is 1. The fourth-order valence-electron chi connectivity index (χ4n) is 6.29. The lowest BCUT2D eigenvalue weighted by Crippen LogP contribution is -2.45. The van der Waals surface area contributed by atoms with Crippen LogP contribution in [0.3, 0.4) is 0 Å². The molecule has 0 spiro atoms. The van der Waals surface area contributed by atoms with E-state index in [2.05, 4.69) is 51.3 Å². The molecule has 1 unspecified atom stereocenters. The first-order chi connectivity index (χ1) is 15.1. The first kappa shape index (κ1) is 20.7. The fourth-order valence-corrected chi connectivity index (χ4v) is 6.29. The Labute approximate surface area is 185 Å². The van der Waals surface area contributed by atoms with Crippen molar-refractivity contribution in [3.05, 3.63) is 53.1 Å². The number of imidazole rings is 1. The summed E-state index contributed by atoms with van der Waals surface area (Å²) in [6, 6.07) is 12.4. The summed E-state index contributed by atoms with van der Waals surface area (Å²) >= 11 is 0. The number of benzene rings is 1. The topological polar surface area (TPSA) is 62.2 Å². The molecule has 0 aliphatic carbocycles. The molecule has 2 aromatic rings. The molecule has 166 valence electrons. The lowest BCUT2D eigenvalue weighted by Gasteiger charge is -2.41. The Morgan fingerprint density at radius 2 is 1.94 bits per heavy atom. The highest BCUT2D eigenvalue weighted by Gasteiger charge is 2.42. The smallest absolute Gasteiger partial charge is 0.217 e. The molecular weight excluding hydrogens is 386 g/mol. The minimum Gasteiger partial charge on any atom is -0.349 e. The molecule has 0 radical (unpaired) electrons. The van der Waals surface area contributed by atoms with Crippen molar-refractivity contribution in [2.45, 2.75) is 83.1 Å². The Hall–Kier alpha value is -2.18. The van der Waals surface area contributed by atoms with Gasteiger partial charge in [0.1, 0.15) is 5.82 Å². The quantitative estimate of drug-likeness (QED) is 0.752. The summed E-state index contributed by atoms with van der Waals surface area (Å²) in [6.45, 7) is 6.86.